The number of nitrogens with zero attached hydrogens (tertiary/aromatic N) is 4. The standard InChI is InChI=1S/C25H21F5N4O3S/c26-16-2-1-3-17(27)23(16)20-11-18(32-37-20)19-13-38-24(31-19)14-4-7-33(8-5-14)22(36)12-34-9-6-15(10-21(34)35)25(28,29)30/h1-3,6,9-10,13-14,20H,4-5,7-8,11-12H2. The number of oxime groups is 1. The van der Waals surface area contributed by atoms with Crippen molar-refractivity contribution in [2.24, 2.45) is 5.16 Å². The number of hydrogen-bond acceptors (Lipinski definition) is 6. The lowest BCUT2D eigenvalue weighted by Gasteiger charge is -2.31. The average Bonchev–Trinajstić information content (AvgIpc) is 3.55. The van der Waals surface area contributed by atoms with Crippen molar-refractivity contribution >= 4 is 23.0 Å². The van der Waals surface area contributed by atoms with Crippen LogP contribution >= 0.6 is 11.3 Å². The third-order valence-electron chi connectivity index (χ3n) is 6.63. The molecule has 0 bridgehead atoms. The van der Waals surface area contributed by atoms with Gasteiger partial charge in [0.05, 0.1) is 21.8 Å². The summed E-state index contributed by atoms with van der Waals surface area (Å²) in [5.41, 5.74) is -1.05. The molecule has 0 spiro atoms. The Morgan fingerprint density at radius 2 is 1.84 bits per heavy atom. The van der Waals surface area contributed by atoms with E-state index in [-0.39, 0.29) is 30.4 Å². The summed E-state index contributed by atoms with van der Waals surface area (Å²) in [6, 6.07) is 4.87. The van der Waals surface area contributed by atoms with E-state index in [0.29, 0.717) is 43.4 Å². The zero-order chi connectivity index (χ0) is 27.0. The predicted molar refractivity (Wildman–Crippen MR) is 128 cm³/mol. The molecule has 1 saturated heterocycles. The lowest BCUT2D eigenvalue weighted by atomic mass is 9.97. The summed E-state index contributed by atoms with van der Waals surface area (Å²) in [6.07, 6.45) is -3.11. The Bertz CT molecular complexity index is 1420. The van der Waals surface area contributed by atoms with Crippen molar-refractivity contribution < 1.29 is 31.6 Å². The molecule has 0 radical (unpaired) electrons. The van der Waals surface area contributed by atoms with Crippen LogP contribution in [0.25, 0.3) is 0 Å². The topological polar surface area (TPSA) is 76.8 Å². The first-order chi connectivity index (χ1) is 18.1. The molecule has 1 aromatic carbocycles. The van der Waals surface area contributed by atoms with Crippen LogP contribution in [0, 0.1) is 11.6 Å². The lowest BCUT2D eigenvalue weighted by molar-refractivity contribution is -0.137. The van der Waals surface area contributed by atoms with Crippen molar-refractivity contribution in [1.29, 1.82) is 0 Å². The molecule has 38 heavy (non-hydrogen) atoms. The zero-order valence-electron chi connectivity index (χ0n) is 19.8. The van der Waals surface area contributed by atoms with Gasteiger partial charge in [-0.05, 0) is 31.0 Å². The number of likely N-dealkylation sites (tertiary alicyclic amines) is 1. The Kier molecular flexibility index (Phi) is 7.03. The Labute approximate surface area is 217 Å². The maximum atomic E-state index is 14.1. The van der Waals surface area contributed by atoms with E-state index in [2.05, 4.69) is 10.1 Å². The van der Waals surface area contributed by atoms with Crippen LogP contribution in [0.15, 0.2) is 51.9 Å². The number of pyridine rings is 1. The second kappa shape index (κ2) is 10.3. The van der Waals surface area contributed by atoms with Crippen LogP contribution in [0.2, 0.25) is 0 Å². The molecule has 2 aliphatic rings. The van der Waals surface area contributed by atoms with Crippen LogP contribution in [0.5, 0.6) is 0 Å². The van der Waals surface area contributed by atoms with Gasteiger partial charge >= 0.3 is 6.18 Å². The molecule has 4 heterocycles. The number of carbonyl (C=O) groups excluding carboxylic acids is 1. The summed E-state index contributed by atoms with van der Waals surface area (Å²) < 4.78 is 67.5. The van der Waals surface area contributed by atoms with Gasteiger partial charge in [-0.2, -0.15) is 13.2 Å². The molecule has 1 unspecified atom stereocenters. The van der Waals surface area contributed by atoms with E-state index in [1.54, 1.807) is 4.90 Å². The summed E-state index contributed by atoms with van der Waals surface area (Å²) >= 11 is 1.43. The smallest absolute Gasteiger partial charge is 0.387 e. The predicted octanol–water partition coefficient (Wildman–Crippen LogP) is 4.87. The summed E-state index contributed by atoms with van der Waals surface area (Å²) in [6.45, 7) is 0.478. The molecule has 13 heteroatoms. The Morgan fingerprint density at radius 1 is 1.13 bits per heavy atom. The van der Waals surface area contributed by atoms with Crippen molar-refractivity contribution in [3.63, 3.8) is 0 Å². The van der Waals surface area contributed by atoms with Gasteiger partial charge in [0.15, 0.2) is 6.10 Å². The molecule has 1 atom stereocenters. The van der Waals surface area contributed by atoms with E-state index in [1.165, 1.54) is 29.5 Å². The van der Waals surface area contributed by atoms with Crippen LogP contribution < -0.4 is 5.56 Å². The second-order valence-electron chi connectivity index (χ2n) is 9.08. The fraction of sp³-hybridized carbons (Fsp3) is 0.360. The van der Waals surface area contributed by atoms with Crippen LogP contribution in [-0.2, 0) is 22.4 Å². The van der Waals surface area contributed by atoms with Crippen molar-refractivity contribution in [2.45, 2.75) is 44.0 Å². The number of amides is 1. The molecule has 5 rings (SSSR count). The van der Waals surface area contributed by atoms with Crippen molar-refractivity contribution in [3.05, 3.63) is 85.7 Å². The molecule has 1 fully saturated rings. The zero-order valence-corrected chi connectivity index (χ0v) is 20.6. The number of piperidine rings is 1. The molecule has 3 aromatic rings. The number of alkyl halides is 3. The maximum Gasteiger partial charge on any atom is 0.416 e. The second-order valence-corrected chi connectivity index (χ2v) is 9.97. The highest BCUT2D eigenvalue weighted by Gasteiger charge is 2.33. The minimum absolute atomic E-state index is 0.0781. The van der Waals surface area contributed by atoms with Crippen LogP contribution in [0.4, 0.5) is 22.0 Å². The highest BCUT2D eigenvalue weighted by atomic mass is 32.1. The third-order valence-corrected chi connectivity index (χ3v) is 7.64. The van der Waals surface area contributed by atoms with Gasteiger partial charge in [0.25, 0.3) is 5.56 Å². The normalized spacial score (nSPS) is 18.4. The first kappa shape index (κ1) is 26.0. The highest BCUT2D eigenvalue weighted by Crippen LogP contribution is 2.35. The fourth-order valence-electron chi connectivity index (χ4n) is 4.55. The average molecular weight is 553 g/mol. The fourth-order valence-corrected chi connectivity index (χ4v) is 5.55. The summed E-state index contributed by atoms with van der Waals surface area (Å²) in [5.74, 6) is -1.67. The minimum Gasteiger partial charge on any atom is -0.387 e. The van der Waals surface area contributed by atoms with Gasteiger partial charge in [-0.15, -0.1) is 11.3 Å². The van der Waals surface area contributed by atoms with Gasteiger partial charge < -0.3 is 14.3 Å². The first-order valence-corrected chi connectivity index (χ1v) is 12.7. The number of hydrogen-bond donors (Lipinski definition) is 0. The van der Waals surface area contributed by atoms with Crippen LogP contribution in [-0.4, -0.2) is 39.2 Å². The molecule has 0 aliphatic carbocycles. The SMILES string of the molecule is O=C(Cn1ccc(C(F)(F)F)cc1=O)N1CCC(c2nc(C3=NOC(c4c(F)cccc4F)C3)cs2)CC1. The van der Waals surface area contributed by atoms with Crippen LogP contribution in [0.3, 0.4) is 0 Å². The molecular formula is C25H21F5N4O3S. The van der Waals surface area contributed by atoms with Crippen molar-refractivity contribution in [2.75, 3.05) is 13.1 Å². The first-order valence-electron chi connectivity index (χ1n) is 11.8. The number of rotatable bonds is 5. The molecule has 0 N–H and O–H groups in total. The Morgan fingerprint density at radius 3 is 2.50 bits per heavy atom. The maximum absolute atomic E-state index is 14.1. The van der Waals surface area contributed by atoms with E-state index in [9.17, 15) is 31.5 Å². The van der Waals surface area contributed by atoms with Crippen molar-refractivity contribution in [3.8, 4) is 0 Å². The van der Waals surface area contributed by atoms with E-state index in [1.807, 2.05) is 5.38 Å². The van der Waals surface area contributed by atoms with E-state index < -0.39 is 35.0 Å². The molecule has 0 saturated carbocycles. The van der Waals surface area contributed by atoms with E-state index >= 15 is 0 Å². The minimum atomic E-state index is -4.63. The Hall–Kier alpha value is -3.61. The quantitative estimate of drug-likeness (QED) is 0.423. The van der Waals surface area contributed by atoms with Gasteiger partial charge in [0.1, 0.15) is 23.9 Å². The number of halogens is 5. The van der Waals surface area contributed by atoms with Crippen LogP contribution in [0.1, 0.15) is 53.1 Å². The van der Waals surface area contributed by atoms with Crippen molar-refractivity contribution in [1.82, 2.24) is 14.5 Å². The molecular weight excluding hydrogens is 531 g/mol. The molecule has 1 amide bonds. The summed E-state index contributed by atoms with van der Waals surface area (Å²) in [5, 5.41) is 6.64. The van der Waals surface area contributed by atoms with Gasteiger partial charge in [0.2, 0.25) is 5.91 Å². The van der Waals surface area contributed by atoms with Gasteiger partial charge in [-0.25, -0.2) is 13.8 Å². The van der Waals surface area contributed by atoms with Gasteiger partial charge in [-0.3, -0.25) is 9.59 Å². The number of thiazole rings is 1. The number of aromatic nitrogens is 2. The largest absolute Gasteiger partial charge is 0.416 e. The van der Waals surface area contributed by atoms with Gasteiger partial charge in [0, 0.05) is 43.1 Å². The molecule has 200 valence electrons. The van der Waals surface area contributed by atoms with Gasteiger partial charge in [-0.1, -0.05) is 11.2 Å². The Balaban J connectivity index is 1.16. The molecule has 2 aromatic heterocycles. The third kappa shape index (κ3) is 5.33. The van der Waals surface area contributed by atoms with E-state index in [4.69, 9.17) is 4.84 Å². The molecule has 7 nitrogen and oxygen atoms in total. The summed E-state index contributed by atoms with van der Waals surface area (Å²) in [7, 11) is 0. The lowest BCUT2D eigenvalue weighted by Crippen LogP contribution is -2.41. The van der Waals surface area contributed by atoms with E-state index in [0.717, 1.165) is 21.8 Å². The monoisotopic (exact) mass is 552 g/mol. The number of carbonyl (C=O) groups is 1. The highest BCUT2D eigenvalue weighted by molar-refractivity contribution is 7.10. The number of benzene rings is 1. The summed E-state index contributed by atoms with van der Waals surface area (Å²) in [4.78, 5) is 36.2. The molecule has 2 aliphatic heterocycles.